The molecule has 3 heteroatoms. The van der Waals surface area contributed by atoms with Crippen LogP contribution in [-0.4, -0.2) is 17.3 Å². The van der Waals surface area contributed by atoms with Crippen LogP contribution in [0.5, 0.6) is 0 Å². The highest BCUT2D eigenvalue weighted by Crippen LogP contribution is 2.16. The van der Waals surface area contributed by atoms with Crippen molar-refractivity contribution in [1.29, 1.82) is 0 Å². The van der Waals surface area contributed by atoms with Crippen molar-refractivity contribution in [2.24, 2.45) is 0 Å². The lowest BCUT2D eigenvalue weighted by Crippen LogP contribution is -2.37. The molecule has 84 valence electrons. The molecule has 0 bridgehead atoms. The Hall–Kier alpha value is -0.570. The van der Waals surface area contributed by atoms with Gasteiger partial charge in [0.05, 0.1) is 6.10 Å². The largest absolute Gasteiger partial charge is 0.392 e. The molecule has 0 radical (unpaired) electrons. The summed E-state index contributed by atoms with van der Waals surface area (Å²) >= 11 is 5.81. The predicted octanol–water partition coefficient (Wildman–Crippen LogP) is 2.76. The minimum Gasteiger partial charge on any atom is -0.392 e. The highest BCUT2D eigenvalue weighted by atomic mass is 35.5. The monoisotopic (exact) mass is 227 g/mol. The number of hydrogen-bond donors (Lipinski definition) is 2. The normalized spacial score (nSPS) is 17.1. The Labute approximate surface area is 96.3 Å². The van der Waals surface area contributed by atoms with E-state index < -0.39 is 0 Å². The van der Waals surface area contributed by atoms with Gasteiger partial charge in [-0.25, -0.2) is 0 Å². The molecule has 0 aliphatic carbocycles. The van der Waals surface area contributed by atoms with E-state index in [1.807, 2.05) is 31.2 Å². The number of rotatable bonds is 4. The molecule has 15 heavy (non-hydrogen) atoms. The van der Waals surface area contributed by atoms with Crippen LogP contribution in [0.1, 0.15) is 32.4 Å². The number of benzene rings is 1. The molecule has 0 aromatic heterocycles. The Kier molecular flexibility index (Phi) is 4.58. The summed E-state index contributed by atoms with van der Waals surface area (Å²) in [4.78, 5) is 0. The fraction of sp³-hybridized carbons (Fsp3) is 0.500. The number of aliphatic hydroxyl groups is 1. The van der Waals surface area contributed by atoms with E-state index in [0.29, 0.717) is 0 Å². The summed E-state index contributed by atoms with van der Waals surface area (Å²) in [5, 5.41) is 13.4. The number of halogens is 1. The van der Waals surface area contributed by atoms with Crippen LogP contribution >= 0.6 is 11.6 Å². The van der Waals surface area contributed by atoms with E-state index in [1.54, 1.807) is 6.92 Å². The van der Waals surface area contributed by atoms with Crippen molar-refractivity contribution in [2.45, 2.75) is 39.0 Å². The Morgan fingerprint density at radius 2 is 1.67 bits per heavy atom. The van der Waals surface area contributed by atoms with Crippen LogP contribution in [0.2, 0.25) is 5.02 Å². The summed E-state index contributed by atoms with van der Waals surface area (Å²) in [6.45, 7) is 5.82. The van der Waals surface area contributed by atoms with Gasteiger partial charge in [-0.1, -0.05) is 23.7 Å². The van der Waals surface area contributed by atoms with Crippen molar-refractivity contribution in [3.8, 4) is 0 Å². The molecule has 0 spiro atoms. The first-order valence-corrected chi connectivity index (χ1v) is 5.58. The third-order valence-corrected chi connectivity index (χ3v) is 2.86. The molecule has 3 unspecified atom stereocenters. The second-order valence-corrected chi connectivity index (χ2v) is 4.41. The lowest BCUT2D eigenvalue weighted by atomic mass is 10.1. The second-order valence-electron chi connectivity index (χ2n) is 3.97. The topological polar surface area (TPSA) is 32.3 Å². The molecule has 1 aromatic rings. The van der Waals surface area contributed by atoms with Gasteiger partial charge in [0.2, 0.25) is 0 Å². The van der Waals surface area contributed by atoms with Gasteiger partial charge in [-0.2, -0.15) is 0 Å². The molecular weight excluding hydrogens is 210 g/mol. The van der Waals surface area contributed by atoms with Crippen molar-refractivity contribution in [3.63, 3.8) is 0 Å². The van der Waals surface area contributed by atoms with Crippen molar-refractivity contribution < 1.29 is 5.11 Å². The summed E-state index contributed by atoms with van der Waals surface area (Å²) in [7, 11) is 0. The fourth-order valence-corrected chi connectivity index (χ4v) is 1.51. The van der Waals surface area contributed by atoms with Crippen LogP contribution in [0.4, 0.5) is 0 Å². The third kappa shape index (κ3) is 3.82. The average molecular weight is 228 g/mol. The van der Waals surface area contributed by atoms with E-state index in [4.69, 9.17) is 11.6 Å². The van der Waals surface area contributed by atoms with E-state index in [1.165, 1.54) is 5.56 Å². The lowest BCUT2D eigenvalue weighted by Gasteiger charge is -2.22. The van der Waals surface area contributed by atoms with Gasteiger partial charge in [-0.05, 0) is 38.5 Å². The third-order valence-electron chi connectivity index (χ3n) is 2.61. The Morgan fingerprint density at radius 3 is 2.13 bits per heavy atom. The Balaban J connectivity index is 2.61. The molecule has 1 rings (SSSR count). The summed E-state index contributed by atoms with van der Waals surface area (Å²) in [5.41, 5.74) is 1.17. The molecule has 0 saturated heterocycles. The van der Waals surface area contributed by atoms with Crippen LogP contribution in [0.3, 0.4) is 0 Å². The number of aliphatic hydroxyl groups excluding tert-OH is 1. The van der Waals surface area contributed by atoms with Gasteiger partial charge in [0.25, 0.3) is 0 Å². The van der Waals surface area contributed by atoms with Gasteiger partial charge in [0.15, 0.2) is 0 Å². The Morgan fingerprint density at radius 1 is 1.13 bits per heavy atom. The van der Waals surface area contributed by atoms with Crippen molar-refractivity contribution in [1.82, 2.24) is 5.32 Å². The number of nitrogens with one attached hydrogen (secondary N) is 1. The predicted molar refractivity (Wildman–Crippen MR) is 64.1 cm³/mol. The molecule has 2 nitrogen and oxygen atoms in total. The van der Waals surface area contributed by atoms with Gasteiger partial charge in [-0.15, -0.1) is 0 Å². The molecule has 0 fully saturated rings. The van der Waals surface area contributed by atoms with E-state index in [2.05, 4.69) is 12.2 Å². The van der Waals surface area contributed by atoms with Gasteiger partial charge in [-0.3, -0.25) is 0 Å². The standard InChI is InChI=1S/C12H18ClNO/c1-8(10(3)15)14-9(2)11-4-6-12(13)7-5-11/h4-10,14-15H,1-3H3. The van der Waals surface area contributed by atoms with Crippen LogP contribution in [0.15, 0.2) is 24.3 Å². The van der Waals surface area contributed by atoms with Crippen LogP contribution in [0.25, 0.3) is 0 Å². The van der Waals surface area contributed by atoms with Gasteiger partial charge in [0, 0.05) is 17.1 Å². The summed E-state index contributed by atoms with van der Waals surface area (Å²) < 4.78 is 0. The molecular formula is C12H18ClNO. The molecule has 3 atom stereocenters. The molecule has 0 aliphatic heterocycles. The van der Waals surface area contributed by atoms with Crippen molar-refractivity contribution in [3.05, 3.63) is 34.9 Å². The van der Waals surface area contributed by atoms with Gasteiger partial charge in [0.1, 0.15) is 0 Å². The lowest BCUT2D eigenvalue weighted by molar-refractivity contribution is 0.147. The number of hydrogen-bond acceptors (Lipinski definition) is 2. The van der Waals surface area contributed by atoms with Gasteiger partial charge >= 0.3 is 0 Å². The van der Waals surface area contributed by atoms with Crippen LogP contribution in [0, 0.1) is 0 Å². The quantitative estimate of drug-likeness (QED) is 0.829. The molecule has 0 amide bonds. The maximum absolute atomic E-state index is 9.38. The SMILES string of the molecule is CC(NC(C)C(C)O)c1ccc(Cl)cc1. The first kappa shape index (κ1) is 12.5. The zero-order valence-corrected chi connectivity index (χ0v) is 10.1. The zero-order valence-electron chi connectivity index (χ0n) is 9.37. The highest BCUT2D eigenvalue weighted by molar-refractivity contribution is 6.30. The van der Waals surface area contributed by atoms with Crippen LogP contribution < -0.4 is 5.32 Å². The summed E-state index contributed by atoms with van der Waals surface area (Å²) in [6.07, 6.45) is -0.347. The molecule has 0 saturated carbocycles. The molecule has 1 aromatic carbocycles. The van der Waals surface area contributed by atoms with Crippen molar-refractivity contribution in [2.75, 3.05) is 0 Å². The van der Waals surface area contributed by atoms with E-state index in [0.717, 1.165) is 5.02 Å². The smallest absolute Gasteiger partial charge is 0.0662 e. The van der Waals surface area contributed by atoms with Gasteiger partial charge < -0.3 is 10.4 Å². The average Bonchev–Trinajstić information content (AvgIpc) is 2.18. The maximum atomic E-state index is 9.38. The first-order valence-electron chi connectivity index (χ1n) is 5.20. The fourth-order valence-electron chi connectivity index (χ4n) is 1.38. The second kappa shape index (κ2) is 5.50. The van der Waals surface area contributed by atoms with E-state index in [-0.39, 0.29) is 18.2 Å². The van der Waals surface area contributed by atoms with Crippen molar-refractivity contribution >= 4 is 11.6 Å². The first-order chi connectivity index (χ1) is 7.00. The molecule has 0 aliphatic rings. The maximum Gasteiger partial charge on any atom is 0.0662 e. The minimum absolute atomic E-state index is 0.0793. The summed E-state index contributed by atoms with van der Waals surface area (Å²) in [6, 6.07) is 8.04. The highest BCUT2D eigenvalue weighted by Gasteiger charge is 2.12. The van der Waals surface area contributed by atoms with Crippen LogP contribution in [-0.2, 0) is 0 Å². The minimum atomic E-state index is -0.347. The van der Waals surface area contributed by atoms with E-state index >= 15 is 0 Å². The summed E-state index contributed by atoms with van der Waals surface area (Å²) in [5.74, 6) is 0. The Bertz CT molecular complexity index is 297. The molecule has 2 N–H and O–H groups in total. The molecule has 0 heterocycles. The zero-order chi connectivity index (χ0) is 11.4. The van der Waals surface area contributed by atoms with E-state index in [9.17, 15) is 5.11 Å².